The van der Waals surface area contributed by atoms with Crippen LogP contribution in [0.25, 0.3) is 122 Å². The van der Waals surface area contributed by atoms with Crippen molar-refractivity contribution < 1.29 is 0 Å². The van der Waals surface area contributed by atoms with Gasteiger partial charge in [-0.15, -0.1) is 0 Å². The van der Waals surface area contributed by atoms with Crippen molar-refractivity contribution in [2.75, 3.05) is 0 Å². The number of hydrogen-bond donors (Lipinski definition) is 0. The highest BCUT2D eigenvalue weighted by Gasteiger charge is 2.46. The summed E-state index contributed by atoms with van der Waals surface area (Å²) in [5.41, 5.74) is 26.3. The molecule has 15 aromatic rings. The first-order valence-corrected chi connectivity index (χ1v) is 28.1. The van der Waals surface area contributed by atoms with Crippen molar-refractivity contribution in [2.45, 2.75) is 5.41 Å². The smallest absolute Gasteiger partial charge is 0.0713 e. The van der Waals surface area contributed by atoms with Gasteiger partial charge in [0.05, 0.1) is 33.2 Å². The van der Waals surface area contributed by atoms with Gasteiger partial charge in [0.25, 0.3) is 0 Å². The molecule has 0 radical (unpaired) electrons. The van der Waals surface area contributed by atoms with Crippen LogP contribution in [0.1, 0.15) is 22.3 Å². The van der Waals surface area contributed by atoms with Gasteiger partial charge in [0.15, 0.2) is 0 Å². The Labute approximate surface area is 471 Å². The Balaban J connectivity index is 0.760. The first-order chi connectivity index (χ1) is 40.2. The van der Waals surface area contributed by atoms with Crippen LogP contribution in [0.15, 0.2) is 315 Å². The lowest BCUT2D eigenvalue weighted by Gasteiger charge is -2.34. The van der Waals surface area contributed by atoms with Gasteiger partial charge >= 0.3 is 0 Å². The minimum atomic E-state index is -0.452. The van der Waals surface area contributed by atoms with Crippen molar-refractivity contribution in [3.05, 3.63) is 338 Å². The van der Waals surface area contributed by atoms with E-state index in [1.165, 1.54) is 133 Å². The molecule has 0 saturated carbocycles. The number of hydrogen-bond acceptors (Lipinski definition) is 0. The van der Waals surface area contributed by atoms with Crippen LogP contribution in [-0.2, 0) is 5.41 Å². The maximum atomic E-state index is 2.47. The Bertz CT molecular complexity index is 4860. The molecule has 1 aliphatic carbocycles. The minimum Gasteiger partial charge on any atom is -0.309 e. The predicted octanol–water partition coefficient (Wildman–Crippen LogP) is 20.6. The minimum absolute atomic E-state index is 0.452. The molecule has 0 atom stereocenters. The Kier molecular flexibility index (Phi) is 10.8. The monoisotopic (exact) mass is 1030 g/mol. The van der Waals surface area contributed by atoms with E-state index in [0.717, 1.165) is 11.4 Å². The maximum absolute atomic E-state index is 2.47. The standard InChI is InChI=1S/C79H52N2/c1-3-20-53(21-4-1)54-42-46-62(47-43-54)80-74-35-16-12-31-68(74)70-51-58(44-48-77(70)80)59-45-49-78-71(52-59)69-32-13-18-37-76(69)81(78)75-36-17-11-30-67(75)64-27-8-7-26-63(64)56-40-38-55(39-41-56)57-22-19-25-61(50-57)79(60-23-5-2-6-24-60)72-33-14-9-28-65(72)66-29-10-15-34-73(66)79/h1-52H. The van der Waals surface area contributed by atoms with Crippen molar-refractivity contribution in [1.82, 2.24) is 9.13 Å². The van der Waals surface area contributed by atoms with Crippen LogP contribution in [-0.4, -0.2) is 9.13 Å². The fraction of sp³-hybridized carbons (Fsp3) is 0.0127. The fourth-order valence-electron chi connectivity index (χ4n) is 13.6. The van der Waals surface area contributed by atoms with Crippen molar-refractivity contribution in [3.8, 4) is 78.1 Å². The average Bonchev–Trinajstić information content (AvgIpc) is 4.35. The molecule has 13 aromatic carbocycles. The molecule has 0 N–H and O–H groups in total. The summed E-state index contributed by atoms with van der Waals surface area (Å²) in [7, 11) is 0. The van der Waals surface area contributed by atoms with E-state index in [4.69, 9.17) is 0 Å². The van der Waals surface area contributed by atoms with Gasteiger partial charge in [-0.1, -0.05) is 255 Å². The summed E-state index contributed by atoms with van der Waals surface area (Å²) in [6.07, 6.45) is 0. The van der Waals surface area contributed by atoms with Crippen LogP contribution in [0.2, 0.25) is 0 Å². The largest absolute Gasteiger partial charge is 0.309 e. The number of fused-ring (bicyclic) bond motifs is 9. The highest BCUT2D eigenvalue weighted by molar-refractivity contribution is 6.13. The first-order valence-electron chi connectivity index (χ1n) is 28.1. The van der Waals surface area contributed by atoms with E-state index in [-0.39, 0.29) is 0 Å². The quantitative estimate of drug-likeness (QED) is 0.136. The summed E-state index contributed by atoms with van der Waals surface area (Å²) in [6.45, 7) is 0. The number of aromatic nitrogens is 2. The third-order valence-corrected chi connectivity index (χ3v) is 17.3. The second kappa shape index (κ2) is 18.8. The zero-order valence-electron chi connectivity index (χ0n) is 44.4. The second-order valence-electron chi connectivity index (χ2n) is 21.5. The van der Waals surface area contributed by atoms with E-state index in [1.807, 2.05) is 0 Å². The zero-order chi connectivity index (χ0) is 53.4. The van der Waals surface area contributed by atoms with Gasteiger partial charge < -0.3 is 9.13 Å². The summed E-state index contributed by atoms with van der Waals surface area (Å²) in [5, 5.41) is 4.93. The third-order valence-electron chi connectivity index (χ3n) is 17.3. The SMILES string of the molecule is c1ccc(-c2ccc(-n3c4ccccc4c4cc(-c5ccc6c(c5)c5ccccc5n6-c5ccccc5-c5ccccc5-c5ccc(-c6cccc(C7(c8ccccc8)c8ccccc8-c8ccccc87)c6)cc5)ccc43)cc2)cc1. The summed E-state index contributed by atoms with van der Waals surface area (Å²) in [6, 6.07) is 116. The van der Waals surface area contributed by atoms with E-state index >= 15 is 0 Å². The molecule has 0 amide bonds. The summed E-state index contributed by atoms with van der Waals surface area (Å²) < 4.78 is 4.88. The van der Waals surface area contributed by atoms with Crippen LogP contribution >= 0.6 is 0 Å². The number of rotatable bonds is 9. The van der Waals surface area contributed by atoms with Crippen LogP contribution in [0, 0.1) is 0 Å². The Hall–Kier alpha value is -10.5. The molecule has 1 aliphatic rings. The molecular weight excluding hydrogens is 977 g/mol. The third kappa shape index (κ3) is 7.34. The normalized spacial score (nSPS) is 12.5. The molecule has 0 fully saturated rings. The van der Waals surface area contributed by atoms with Crippen LogP contribution < -0.4 is 0 Å². The van der Waals surface area contributed by atoms with E-state index in [9.17, 15) is 0 Å². The molecule has 2 heterocycles. The zero-order valence-corrected chi connectivity index (χ0v) is 44.4. The molecule has 81 heavy (non-hydrogen) atoms. The van der Waals surface area contributed by atoms with Gasteiger partial charge in [0.1, 0.15) is 0 Å². The Morgan fingerprint density at radius 1 is 0.210 bits per heavy atom. The average molecular weight is 1030 g/mol. The van der Waals surface area contributed by atoms with E-state index < -0.39 is 5.41 Å². The van der Waals surface area contributed by atoms with Crippen LogP contribution in [0.4, 0.5) is 0 Å². The van der Waals surface area contributed by atoms with E-state index in [1.54, 1.807) is 0 Å². The lowest BCUT2D eigenvalue weighted by Crippen LogP contribution is -2.28. The van der Waals surface area contributed by atoms with Crippen molar-refractivity contribution in [1.29, 1.82) is 0 Å². The summed E-state index contributed by atoms with van der Waals surface area (Å²) >= 11 is 0. The van der Waals surface area contributed by atoms with Gasteiger partial charge in [-0.2, -0.15) is 0 Å². The Morgan fingerprint density at radius 3 is 1.27 bits per heavy atom. The van der Waals surface area contributed by atoms with E-state index in [2.05, 4.69) is 325 Å². The number of para-hydroxylation sites is 3. The number of nitrogens with zero attached hydrogens (tertiary/aromatic N) is 2. The molecule has 0 bridgehead atoms. The Morgan fingerprint density at radius 2 is 0.617 bits per heavy atom. The fourth-order valence-corrected chi connectivity index (χ4v) is 13.6. The molecule has 378 valence electrons. The highest BCUT2D eigenvalue weighted by atomic mass is 15.0. The van der Waals surface area contributed by atoms with Crippen LogP contribution in [0.3, 0.4) is 0 Å². The summed E-state index contributed by atoms with van der Waals surface area (Å²) in [5.74, 6) is 0. The first kappa shape index (κ1) is 46.5. The predicted molar refractivity (Wildman–Crippen MR) is 340 cm³/mol. The second-order valence-corrected chi connectivity index (χ2v) is 21.5. The van der Waals surface area contributed by atoms with Crippen molar-refractivity contribution in [3.63, 3.8) is 0 Å². The number of benzene rings is 13. The highest BCUT2D eigenvalue weighted by Crippen LogP contribution is 2.56. The lowest BCUT2D eigenvalue weighted by molar-refractivity contribution is 0.769. The molecule has 0 spiro atoms. The van der Waals surface area contributed by atoms with Gasteiger partial charge in [-0.25, -0.2) is 0 Å². The summed E-state index contributed by atoms with van der Waals surface area (Å²) in [4.78, 5) is 0. The molecular formula is C79H52N2. The van der Waals surface area contributed by atoms with Gasteiger partial charge in [0.2, 0.25) is 0 Å². The molecule has 2 heteroatoms. The van der Waals surface area contributed by atoms with Crippen molar-refractivity contribution >= 4 is 43.6 Å². The molecule has 2 nitrogen and oxygen atoms in total. The molecule has 0 aliphatic heterocycles. The lowest BCUT2D eigenvalue weighted by atomic mass is 9.67. The van der Waals surface area contributed by atoms with Crippen LogP contribution in [0.5, 0.6) is 0 Å². The molecule has 0 unspecified atom stereocenters. The van der Waals surface area contributed by atoms with Gasteiger partial charge in [-0.3, -0.25) is 0 Å². The van der Waals surface area contributed by atoms with Crippen molar-refractivity contribution in [2.24, 2.45) is 0 Å². The molecule has 0 saturated heterocycles. The maximum Gasteiger partial charge on any atom is 0.0713 e. The van der Waals surface area contributed by atoms with Gasteiger partial charge in [-0.05, 0) is 144 Å². The topological polar surface area (TPSA) is 9.86 Å². The molecule has 2 aromatic heterocycles. The molecule has 16 rings (SSSR count). The van der Waals surface area contributed by atoms with E-state index in [0.29, 0.717) is 0 Å². The van der Waals surface area contributed by atoms with Gasteiger partial charge in [0, 0.05) is 32.8 Å².